The minimum atomic E-state index is -0.711. The molecule has 0 aromatic carbocycles. The summed E-state index contributed by atoms with van der Waals surface area (Å²) in [7, 11) is 0. The molecule has 1 aliphatic rings. The molecule has 0 radical (unpaired) electrons. The van der Waals surface area contributed by atoms with Crippen LogP contribution >= 0.6 is 0 Å². The van der Waals surface area contributed by atoms with Gasteiger partial charge in [0, 0.05) is 11.1 Å². The largest absolute Gasteiger partial charge is 0.450 e. The van der Waals surface area contributed by atoms with Gasteiger partial charge in [0.2, 0.25) is 0 Å². The van der Waals surface area contributed by atoms with E-state index in [0.29, 0.717) is 30.6 Å². The lowest BCUT2D eigenvalue weighted by Gasteiger charge is -1.93. The second-order valence-electron chi connectivity index (χ2n) is 3.20. The first-order chi connectivity index (χ1) is 7.97. The van der Waals surface area contributed by atoms with Crippen molar-refractivity contribution in [2.24, 2.45) is 5.73 Å². The Morgan fingerprint density at radius 3 is 1.71 bits per heavy atom. The molecule has 0 bridgehead atoms. The summed E-state index contributed by atoms with van der Waals surface area (Å²) >= 11 is 0. The van der Waals surface area contributed by atoms with Crippen LogP contribution < -0.4 is 11.1 Å². The number of carbonyl (C=O) groups excluding carboxylic acids is 3. The highest BCUT2D eigenvalue weighted by Crippen LogP contribution is 2.17. The highest BCUT2D eigenvalue weighted by Gasteiger charge is 2.26. The molecule has 0 aliphatic carbocycles. The topological polar surface area (TPSA) is 98.5 Å². The maximum Gasteiger partial charge on any atom is 0.404 e. The van der Waals surface area contributed by atoms with Gasteiger partial charge in [0.15, 0.2) is 0 Å². The van der Waals surface area contributed by atoms with Crippen LogP contribution in [0.3, 0.4) is 0 Å². The van der Waals surface area contributed by atoms with Gasteiger partial charge in [-0.1, -0.05) is 13.8 Å². The zero-order chi connectivity index (χ0) is 13.4. The van der Waals surface area contributed by atoms with E-state index in [9.17, 15) is 14.4 Å². The van der Waals surface area contributed by atoms with Gasteiger partial charge in [0.05, 0.1) is 6.61 Å². The van der Waals surface area contributed by atoms with E-state index in [1.807, 2.05) is 13.8 Å². The number of primary amides is 1. The summed E-state index contributed by atoms with van der Waals surface area (Å²) in [5.41, 5.74) is 5.84. The van der Waals surface area contributed by atoms with Gasteiger partial charge >= 0.3 is 6.09 Å². The van der Waals surface area contributed by atoms with Crippen molar-refractivity contribution in [3.8, 4) is 0 Å². The van der Waals surface area contributed by atoms with Gasteiger partial charge in [-0.15, -0.1) is 0 Å². The third kappa shape index (κ3) is 4.67. The SMILES string of the molecule is CCC1=C(CC)C(=O)NC1=O.CCOC(N)=O. The van der Waals surface area contributed by atoms with Crippen molar-refractivity contribution in [2.75, 3.05) is 6.61 Å². The first-order valence-electron chi connectivity index (χ1n) is 5.47. The molecule has 0 saturated carbocycles. The summed E-state index contributed by atoms with van der Waals surface area (Å²) in [6.45, 7) is 5.81. The van der Waals surface area contributed by atoms with Crippen LogP contribution in [0.4, 0.5) is 4.79 Å². The quantitative estimate of drug-likeness (QED) is 0.717. The van der Waals surface area contributed by atoms with E-state index >= 15 is 0 Å². The molecule has 6 nitrogen and oxygen atoms in total. The predicted molar refractivity (Wildman–Crippen MR) is 62.0 cm³/mol. The van der Waals surface area contributed by atoms with Gasteiger partial charge < -0.3 is 10.5 Å². The number of nitrogens with one attached hydrogen (secondary N) is 1. The summed E-state index contributed by atoms with van der Waals surface area (Å²) in [5, 5.41) is 2.27. The maximum atomic E-state index is 11.0. The lowest BCUT2D eigenvalue weighted by molar-refractivity contribution is -0.124. The summed E-state index contributed by atoms with van der Waals surface area (Å²) in [4.78, 5) is 31.6. The van der Waals surface area contributed by atoms with Crippen LogP contribution in [0.15, 0.2) is 11.1 Å². The van der Waals surface area contributed by atoms with Gasteiger partial charge in [-0.2, -0.15) is 0 Å². The summed E-state index contributed by atoms with van der Waals surface area (Å²) < 4.78 is 4.18. The summed E-state index contributed by atoms with van der Waals surface area (Å²) in [5.74, 6) is -0.427. The van der Waals surface area contributed by atoms with Crippen LogP contribution in [-0.4, -0.2) is 24.5 Å². The van der Waals surface area contributed by atoms with Gasteiger partial charge in [0.1, 0.15) is 0 Å². The van der Waals surface area contributed by atoms with E-state index in [4.69, 9.17) is 0 Å². The Bertz CT molecular complexity index is 323. The number of carbonyl (C=O) groups is 3. The molecular formula is C11H18N2O4. The van der Waals surface area contributed by atoms with Crippen molar-refractivity contribution < 1.29 is 19.1 Å². The van der Waals surface area contributed by atoms with E-state index in [0.717, 1.165) is 0 Å². The van der Waals surface area contributed by atoms with Crippen molar-refractivity contribution in [3.05, 3.63) is 11.1 Å². The standard InChI is InChI=1S/C8H11NO2.C3H7NO2/c1-3-5-6(4-2)8(11)9-7(5)10;1-2-6-3(4)5/h3-4H2,1-2H3,(H,9,10,11);2H2,1H3,(H2,4,5). The Balaban J connectivity index is 0.000000366. The van der Waals surface area contributed by atoms with E-state index < -0.39 is 6.09 Å². The fourth-order valence-electron chi connectivity index (χ4n) is 1.42. The average molecular weight is 242 g/mol. The lowest BCUT2D eigenvalue weighted by atomic mass is 10.1. The Kier molecular flexibility index (Phi) is 6.62. The molecule has 1 heterocycles. The number of hydrogen-bond acceptors (Lipinski definition) is 4. The first kappa shape index (κ1) is 15.2. The van der Waals surface area contributed by atoms with Crippen LogP contribution in [0, 0.1) is 0 Å². The van der Waals surface area contributed by atoms with Gasteiger partial charge in [-0.25, -0.2) is 4.79 Å². The number of ether oxygens (including phenoxy) is 1. The highest BCUT2D eigenvalue weighted by atomic mass is 16.5. The fraction of sp³-hybridized carbons (Fsp3) is 0.545. The Morgan fingerprint density at radius 2 is 1.53 bits per heavy atom. The number of nitrogens with two attached hydrogens (primary N) is 1. The minimum absolute atomic E-state index is 0.214. The molecular weight excluding hydrogens is 224 g/mol. The fourth-order valence-corrected chi connectivity index (χ4v) is 1.42. The van der Waals surface area contributed by atoms with Crippen LogP contribution in [0.1, 0.15) is 33.6 Å². The van der Waals surface area contributed by atoms with Gasteiger partial charge in [-0.05, 0) is 19.8 Å². The molecule has 1 aliphatic heterocycles. The van der Waals surface area contributed by atoms with Crippen molar-refractivity contribution in [2.45, 2.75) is 33.6 Å². The molecule has 0 unspecified atom stereocenters. The Hall–Kier alpha value is -1.85. The molecule has 3 N–H and O–H groups in total. The van der Waals surface area contributed by atoms with E-state index in [1.165, 1.54) is 0 Å². The molecule has 1 rings (SSSR count). The van der Waals surface area contributed by atoms with Crippen molar-refractivity contribution >= 4 is 17.9 Å². The monoisotopic (exact) mass is 242 g/mol. The summed E-state index contributed by atoms with van der Waals surface area (Å²) in [6, 6.07) is 0. The first-order valence-corrected chi connectivity index (χ1v) is 5.47. The molecule has 0 atom stereocenters. The van der Waals surface area contributed by atoms with Crippen LogP contribution in [-0.2, 0) is 14.3 Å². The van der Waals surface area contributed by atoms with Crippen LogP contribution in [0.2, 0.25) is 0 Å². The van der Waals surface area contributed by atoms with Crippen molar-refractivity contribution in [1.82, 2.24) is 5.32 Å². The number of imide groups is 1. The number of amides is 3. The Labute approximate surface area is 100 Å². The number of hydrogen-bond donors (Lipinski definition) is 2. The van der Waals surface area contributed by atoms with Crippen LogP contribution in [0.5, 0.6) is 0 Å². The van der Waals surface area contributed by atoms with Gasteiger partial charge in [-0.3, -0.25) is 14.9 Å². The molecule has 6 heteroatoms. The number of rotatable bonds is 3. The van der Waals surface area contributed by atoms with E-state index in [-0.39, 0.29) is 11.8 Å². The average Bonchev–Trinajstić information content (AvgIpc) is 2.52. The van der Waals surface area contributed by atoms with Gasteiger partial charge in [0.25, 0.3) is 11.8 Å². The smallest absolute Gasteiger partial charge is 0.404 e. The molecule has 0 aromatic heterocycles. The molecule has 0 spiro atoms. The van der Waals surface area contributed by atoms with E-state index in [2.05, 4.69) is 15.8 Å². The van der Waals surface area contributed by atoms with Crippen LogP contribution in [0.25, 0.3) is 0 Å². The van der Waals surface area contributed by atoms with E-state index in [1.54, 1.807) is 6.92 Å². The molecule has 3 amide bonds. The zero-order valence-corrected chi connectivity index (χ0v) is 10.3. The third-order valence-corrected chi connectivity index (χ3v) is 2.13. The predicted octanol–water partition coefficient (Wildman–Crippen LogP) is 0.861. The Morgan fingerprint density at radius 1 is 1.12 bits per heavy atom. The second-order valence-corrected chi connectivity index (χ2v) is 3.20. The highest BCUT2D eigenvalue weighted by molar-refractivity contribution is 6.19. The molecule has 0 fully saturated rings. The minimum Gasteiger partial charge on any atom is -0.450 e. The molecule has 96 valence electrons. The molecule has 0 aromatic rings. The van der Waals surface area contributed by atoms with Crippen molar-refractivity contribution in [1.29, 1.82) is 0 Å². The molecule has 17 heavy (non-hydrogen) atoms. The van der Waals surface area contributed by atoms with Crippen molar-refractivity contribution in [3.63, 3.8) is 0 Å². The third-order valence-electron chi connectivity index (χ3n) is 2.13. The normalized spacial score (nSPS) is 14.1. The molecule has 0 saturated heterocycles. The lowest BCUT2D eigenvalue weighted by Crippen LogP contribution is -2.23. The zero-order valence-electron chi connectivity index (χ0n) is 10.3. The maximum absolute atomic E-state index is 11.0. The summed E-state index contributed by atoms with van der Waals surface area (Å²) in [6.07, 6.45) is 0.569. The second kappa shape index (κ2) is 7.43.